The van der Waals surface area contributed by atoms with Crippen LogP contribution in [0.15, 0.2) is 41.6 Å². The lowest BCUT2D eigenvalue weighted by atomic mass is 10.3. The number of hydrogen-bond acceptors (Lipinski definition) is 5. The monoisotopic (exact) mass is 257 g/mol. The Kier molecular flexibility index (Phi) is 2.83. The second kappa shape index (κ2) is 4.64. The fourth-order valence-corrected chi connectivity index (χ4v) is 2.02. The Morgan fingerprint density at radius 1 is 1.47 bits per heavy atom. The summed E-state index contributed by atoms with van der Waals surface area (Å²) in [5, 5.41) is 3.06. The molecule has 19 heavy (non-hydrogen) atoms. The molecule has 0 fully saturated rings. The van der Waals surface area contributed by atoms with Crippen molar-refractivity contribution in [2.75, 3.05) is 24.3 Å². The third-order valence-corrected chi connectivity index (χ3v) is 2.97. The van der Waals surface area contributed by atoms with Crippen molar-refractivity contribution in [2.45, 2.75) is 6.54 Å². The van der Waals surface area contributed by atoms with Gasteiger partial charge >= 0.3 is 0 Å². The van der Waals surface area contributed by atoms with Crippen molar-refractivity contribution in [3.05, 3.63) is 42.7 Å². The lowest BCUT2D eigenvalue weighted by molar-refractivity contribution is 0.563. The van der Waals surface area contributed by atoms with Gasteiger partial charge in [0.25, 0.3) is 0 Å². The predicted octanol–water partition coefficient (Wildman–Crippen LogP) is 2.00. The van der Waals surface area contributed by atoms with Gasteiger partial charge in [-0.15, -0.1) is 0 Å². The summed E-state index contributed by atoms with van der Waals surface area (Å²) in [6.45, 7) is 0.721. The normalized spacial score (nSPS) is 10.8. The van der Waals surface area contributed by atoms with E-state index in [1.54, 1.807) is 18.7 Å². The minimum atomic E-state index is 0.721. The summed E-state index contributed by atoms with van der Waals surface area (Å²) in [7, 11) is 3.84. The highest BCUT2D eigenvalue weighted by atomic mass is 16.3. The summed E-state index contributed by atoms with van der Waals surface area (Å²) in [5.41, 5.74) is 1.94. The van der Waals surface area contributed by atoms with Crippen LogP contribution in [0.3, 0.4) is 0 Å². The molecule has 3 heterocycles. The van der Waals surface area contributed by atoms with Gasteiger partial charge in [0.1, 0.15) is 5.82 Å². The molecule has 6 heteroatoms. The van der Waals surface area contributed by atoms with Crippen molar-refractivity contribution in [3.8, 4) is 0 Å². The summed E-state index contributed by atoms with van der Waals surface area (Å²) in [6, 6.07) is 1.95. The van der Waals surface area contributed by atoms with E-state index in [0.717, 1.165) is 29.4 Å². The zero-order chi connectivity index (χ0) is 13.2. The summed E-state index contributed by atoms with van der Waals surface area (Å²) in [4.78, 5) is 11.0. The molecule has 6 nitrogen and oxygen atoms in total. The van der Waals surface area contributed by atoms with Crippen LogP contribution in [-0.4, -0.2) is 28.5 Å². The molecule has 0 aliphatic carbocycles. The average Bonchev–Trinajstić information content (AvgIpc) is 3.07. The molecule has 0 spiro atoms. The third-order valence-electron chi connectivity index (χ3n) is 2.97. The molecule has 1 N–H and O–H groups in total. The van der Waals surface area contributed by atoms with E-state index >= 15 is 0 Å². The van der Waals surface area contributed by atoms with Crippen molar-refractivity contribution in [1.82, 2.24) is 14.4 Å². The van der Waals surface area contributed by atoms with Gasteiger partial charge in [0, 0.05) is 38.6 Å². The smallest absolute Gasteiger partial charge is 0.180 e. The molecule has 0 radical (unpaired) electrons. The summed E-state index contributed by atoms with van der Waals surface area (Å²) < 4.78 is 7.05. The fourth-order valence-electron chi connectivity index (χ4n) is 2.02. The number of nitrogens with zero attached hydrogens (tertiary/aromatic N) is 4. The Hall–Kier alpha value is -2.50. The van der Waals surface area contributed by atoms with Gasteiger partial charge in [0.15, 0.2) is 11.5 Å². The van der Waals surface area contributed by atoms with Crippen molar-refractivity contribution in [3.63, 3.8) is 0 Å². The van der Waals surface area contributed by atoms with Crippen LogP contribution in [0, 0.1) is 0 Å². The largest absolute Gasteiger partial charge is 0.472 e. The molecule has 0 aliphatic heterocycles. The van der Waals surface area contributed by atoms with Gasteiger partial charge in [-0.2, -0.15) is 0 Å². The van der Waals surface area contributed by atoms with Crippen LogP contribution in [0.4, 0.5) is 11.6 Å². The Balaban J connectivity index is 2.00. The van der Waals surface area contributed by atoms with Gasteiger partial charge < -0.3 is 19.0 Å². The number of fused-ring (bicyclic) bond motifs is 1. The van der Waals surface area contributed by atoms with Gasteiger partial charge in [0.05, 0.1) is 18.7 Å². The van der Waals surface area contributed by atoms with Crippen molar-refractivity contribution in [1.29, 1.82) is 0 Å². The Bertz CT molecular complexity index is 673. The Labute approximate surface area is 110 Å². The average molecular weight is 257 g/mol. The number of imidazole rings is 1. The Morgan fingerprint density at radius 3 is 3.11 bits per heavy atom. The van der Waals surface area contributed by atoms with Gasteiger partial charge in [-0.05, 0) is 6.07 Å². The maximum absolute atomic E-state index is 5.09. The molecule has 3 aromatic heterocycles. The molecular weight excluding hydrogens is 242 g/mol. The molecule has 0 aromatic carbocycles. The molecule has 0 unspecified atom stereocenters. The van der Waals surface area contributed by atoms with E-state index < -0.39 is 0 Å². The number of nitrogens with one attached hydrogen (secondary N) is 1. The highest BCUT2D eigenvalue weighted by Crippen LogP contribution is 2.21. The standard InChI is InChI=1S/C13H15N5O/c1-14-11-8-18-5-4-15-12(18)13(16-11)17(2)7-10-3-6-19-9-10/h3-6,8-9,14H,7H2,1-2H3. The lowest BCUT2D eigenvalue weighted by Gasteiger charge is -2.18. The van der Waals surface area contributed by atoms with Crippen molar-refractivity contribution >= 4 is 17.3 Å². The minimum absolute atomic E-state index is 0.721. The van der Waals surface area contributed by atoms with E-state index in [1.165, 1.54) is 0 Å². The quantitative estimate of drug-likeness (QED) is 0.774. The first-order chi connectivity index (χ1) is 9.28. The van der Waals surface area contributed by atoms with Crippen LogP contribution < -0.4 is 10.2 Å². The second-order valence-corrected chi connectivity index (χ2v) is 4.35. The van der Waals surface area contributed by atoms with Gasteiger partial charge in [-0.25, -0.2) is 9.97 Å². The first kappa shape index (κ1) is 11.6. The lowest BCUT2D eigenvalue weighted by Crippen LogP contribution is -2.19. The van der Waals surface area contributed by atoms with Crippen LogP contribution in [0.1, 0.15) is 5.56 Å². The van der Waals surface area contributed by atoms with Gasteiger partial charge in [-0.1, -0.05) is 0 Å². The van der Waals surface area contributed by atoms with E-state index in [0.29, 0.717) is 0 Å². The molecule has 3 aromatic rings. The fraction of sp³-hybridized carbons (Fsp3) is 0.231. The number of anilines is 2. The van der Waals surface area contributed by atoms with Crippen LogP contribution >= 0.6 is 0 Å². The maximum atomic E-state index is 5.09. The summed E-state index contributed by atoms with van der Waals surface area (Å²) in [5.74, 6) is 1.64. The van der Waals surface area contributed by atoms with E-state index in [4.69, 9.17) is 4.42 Å². The minimum Gasteiger partial charge on any atom is -0.472 e. The molecule has 0 aliphatic rings. The number of furan rings is 1. The summed E-state index contributed by atoms with van der Waals surface area (Å²) >= 11 is 0. The number of hydrogen-bond donors (Lipinski definition) is 1. The van der Waals surface area contributed by atoms with Crippen LogP contribution in [0.5, 0.6) is 0 Å². The number of rotatable bonds is 4. The summed E-state index contributed by atoms with van der Waals surface area (Å²) in [6.07, 6.45) is 9.00. The zero-order valence-corrected chi connectivity index (χ0v) is 10.9. The third kappa shape index (κ3) is 2.12. The van der Waals surface area contributed by atoms with Crippen molar-refractivity contribution < 1.29 is 4.42 Å². The molecule has 0 amide bonds. The SMILES string of the molecule is CNc1cn2ccnc2c(N(C)Cc2ccoc2)n1. The van der Waals surface area contributed by atoms with Crippen molar-refractivity contribution in [2.24, 2.45) is 0 Å². The van der Waals surface area contributed by atoms with Gasteiger partial charge in [-0.3, -0.25) is 0 Å². The topological polar surface area (TPSA) is 58.6 Å². The molecule has 98 valence electrons. The number of aromatic nitrogens is 3. The molecule has 0 saturated carbocycles. The Morgan fingerprint density at radius 2 is 2.37 bits per heavy atom. The predicted molar refractivity (Wildman–Crippen MR) is 73.3 cm³/mol. The van der Waals surface area contributed by atoms with Crippen LogP contribution in [-0.2, 0) is 6.54 Å². The second-order valence-electron chi connectivity index (χ2n) is 4.35. The maximum Gasteiger partial charge on any atom is 0.180 e. The van der Waals surface area contributed by atoms with E-state index in [-0.39, 0.29) is 0 Å². The van der Waals surface area contributed by atoms with E-state index in [9.17, 15) is 0 Å². The van der Waals surface area contributed by atoms with Crippen LogP contribution in [0.25, 0.3) is 5.65 Å². The van der Waals surface area contributed by atoms with E-state index in [1.807, 2.05) is 41.9 Å². The van der Waals surface area contributed by atoms with Crippen LogP contribution in [0.2, 0.25) is 0 Å². The molecular formula is C13H15N5O. The molecule has 0 saturated heterocycles. The molecule has 0 bridgehead atoms. The van der Waals surface area contributed by atoms with E-state index in [2.05, 4.69) is 15.3 Å². The first-order valence-electron chi connectivity index (χ1n) is 6.01. The molecule has 0 atom stereocenters. The first-order valence-corrected chi connectivity index (χ1v) is 6.01. The molecule has 3 rings (SSSR count). The highest BCUT2D eigenvalue weighted by Gasteiger charge is 2.12. The zero-order valence-electron chi connectivity index (χ0n) is 10.9. The van der Waals surface area contributed by atoms with Gasteiger partial charge in [0.2, 0.25) is 0 Å². The highest BCUT2D eigenvalue weighted by molar-refractivity contribution is 5.66.